The highest BCUT2D eigenvalue weighted by Gasteiger charge is 2.14. The van der Waals surface area contributed by atoms with Crippen LogP contribution in [0.1, 0.15) is 57.9 Å². The van der Waals surface area contributed by atoms with Gasteiger partial charge >= 0.3 is 11.9 Å². The lowest BCUT2D eigenvalue weighted by Gasteiger charge is -2.13. The second-order valence-corrected chi connectivity index (χ2v) is 5.40. The van der Waals surface area contributed by atoms with Crippen molar-refractivity contribution in [2.24, 2.45) is 0 Å². The van der Waals surface area contributed by atoms with Crippen molar-refractivity contribution in [1.82, 2.24) is 0 Å². The van der Waals surface area contributed by atoms with Gasteiger partial charge in [-0.15, -0.1) is 0 Å². The Bertz CT molecular complexity index is 536. The smallest absolute Gasteiger partial charge is 0.308 e. The summed E-state index contributed by atoms with van der Waals surface area (Å²) >= 11 is 0. The molecule has 1 aromatic rings. The molecule has 0 saturated heterocycles. The van der Waals surface area contributed by atoms with Crippen molar-refractivity contribution in [2.45, 2.75) is 58.8 Å². The maximum absolute atomic E-state index is 11.3. The summed E-state index contributed by atoms with van der Waals surface area (Å²) in [5, 5.41) is 0. The summed E-state index contributed by atoms with van der Waals surface area (Å²) in [6, 6.07) is 5.27. The van der Waals surface area contributed by atoms with Crippen LogP contribution in [0.3, 0.4) is 0 Å². The van der Waals surface area contributed by atoms with Crippen LogP contribution < -0.4 is 9.47 Å². The number of para-hydroxylation sites is 1. The number of aryl methyl sites for hydroxylation is 1. The van der Waals surface area contributed by atoms with Crippen LogP contribution in [0.2, 0.25) is 0 Å². The summed E-state index contributed by atoms with van der Waals surface area (Å²) in [6.07, 6.45) is 7.35. The van der Waals surface area contributed by atoms with E-state index in [1.807, 2.05) is 6.07 Å². The highest BCUT2D eigenvalue weighted by molar-refractivity contribution is 5.74. The second kappa shape index (κ2) is 10.5. The zero-order chi connectivity index (χ0) is 17.1. The minimum atomic E-state index is -0.453. The van der Waals surface area contributed by atoms with Gasteiger partial charge in [-0.05, 0) is 30.9 Å². The summed E-state index contributed by atoms with van der Waals surface area (Å²) in [5.41, 5.74) is 0.854. The summed E-state index contributed by atoms with van der Waals surface area (Å²) < 4.78 is 10.3. The van der Waals surface area contributed by atoms with E-state index in [1.54, 1.807) is 12.1 Å². The Morgan fingerprint density at radius 1 is 0.957 bits per heavy atom. The van der Waals surface area contributed by atoms with E-state index in [-0.39, 0.29) is 5.75 Å². The summed E-state index contributed by atoms with van der Waals surface area (Å²) in [6.45, 7) is 2.63. The number of benzene rings is 1. The molecule has 0 spiro atoms. The number of unbranched alkanes of at least 4 members (excludes halogenated alkanes) is 5. The molecule has 5 nitrogen and oxygen atoms in total. The predicted octanol–water partition coefficient (Wildman–Crippen LogP) is 3.62. The van der Waals surface area contributed by atoms with Crippen LogP contribution in [0.4, 0.5) is 0 Å². The van der Waals surface area contributed by atoms with Crippen molar-refractivity contribution in [3.05, 3.63) is 23.8 Å². The lowest BCUT2D eigenvalue weighted by Crippen LogP contribution is -2.09. The fraction of sp³-hybridized carbons (Fsp3) is 0.500. The molecule has 0 aliphatic rings. The minimum Gasteiger partial charge on any atom is -0.423 e. The fourth-order valence-electron chi connectivity index (χ4n) is 2.33. The van der Waals surface area contributed by atoms with Crippen LogP contribution in [0.25, 0.3) is 0 Å². The normalized spacial score (nSPS) is 10.2. The fourth-order valence-corrected chi connectivity index (χ4v) is 2.33. The molecule has 0 radical (unpaired) electrons. The molecule has 0 fully saturated rings. The van der Waals surface area contributed by atoms with Gasteiger partial charge < -0.3 is 14.3 Å². The van der Waals surface area contributed by atoms with E-state index in [2.05, 4.69) is 0 Å². The average Bonchev–Trinajstić information content (AvgIpc) is 2.48. The summed E-state index contributed by atoms with van der Waals surface area (Å²) in [7, 11) is 0. The molecule has 23 heavy (non-hydrogen) atoms. The van der Waals surface area contributed by atoms with Crippen molar-refractivity contribution >= 4 is 18.2 Å². The van der Waals surface area contributed by atoms with Gasteiger partial charge in [-0.2, -0.15) is 0 Å². The standard InChI is InChI=1S/C18H24O5/c1-14(20)22-17-12-9-11-16(18(17)23-15(2)21)10-7-5-3-4-6-8-13-19/h9,11-13H,3-8,10H2,1-2H3. The predicted molar refractivity (Wildman–Crippen MR) is 86.5 cm³/mol. The maximum Gasteiger partial charge on any atom is 0.308 e. The van der Waals surface area contributed by atoms with Crippen LogP contribution in [-0.4, -0.2) is 18.2 Å². The third-order valence-electron chi connectivity index (χ3n) is 3.33. The van der Waals surface area contributed by atoms with Crippen LogP contribution >= 0.6 is 0 Å². The molecule has 0 atom stereocenters. The highest BCUT2D eigenvalue weighted by atomic mass is 16.6. The van der Waals surface area contributed by atoms with Gasteiger partial charge in [0.15, 0.2) is 11.5 Å². The number of hydrogen-bond acceptors (Lipinski definition) is 5. The monoisotopic (exact) mass is 320 g/mol. The van der Waals surface area contributed by atoms with Crippen molar-refractivity contribution in [3.8, 4) is 11.5 Å². The third-order valence-corrected chi connectivity index (χ3v) is 3.33. The molecule has 0 saturated carbocycles. The molecule has 0 bridgehead atoms. The minimum absolute atomic E-state index is 0.274. The molecule has 0 unspecified atom stereocenters. The van der Waals surface area contributed by atoms with Crippen molar-refractivity contribution < 1.29 is 23.9 Å². The van der Waals surface area contributed by atoms with Gasteiger partial charge in [-0.1, -0.05) is 31.4 Å². The number of rotatable bonds is 10. The first kappa shape index (κ1) is 18.9. The van der Waals surface area contributed by atoms with E-state index in [1.165, 1.54) is 13.8 Å². The number of aldehydes is 1. The van der Waals surface area contributed by atoms with Gasteiger partial charge in [0.25, 0.3) is 0 Å². The number of esters is 2. The molecule has 0 N–H and O–H groups in total. The molecule has 0 aliphatic heterocycles. The Morgan fingerprint density at radius 2 is 1.61 bits per heavy atom. The third kappa shape index (κ3) is 7.58. The van der Waals surface area contributed by atoms with Crippen LogP contribution in [0.5, 0.6) is 11.5 Å². The van der Waals surface area contributed by atoms with Crippen LogP contribution in [0.15, 0.2) is 18.2 Å². The van der Waals surface area contributed by atoms with E-state index in [0.717, 1.165) is 50.4 Å². The van der Waals surface area contributed by atoms with Gasteiger partial charge in [-0.3, -0.25) is 9.59 Å². The lowest BCUT2D eigenvalue weighted by molar-refractivity contribution is -0.134. The van der Waals surface area contributed by atoms with Crippen molar-refractivity contribution in [2.75, 3.05) is 0 Å². The topological polar surface area (TPSA) is 69.7 Å². The van der Waals surface area contributed by atoms with Gasteiger partial charge in [0.05, 0.1) is 0 Å². The van der Waals surface area contributed by atoms with Crippen molar-refractivity contribution in [1.29, 1.82) is 0 Å². The Labute approximate surface area is 137 Å². The lowest BCUT2D eigenvalue weighted by atomic mass is 10.0. The zero-order valence-electron chi connectivity index (χ0n) is 13.8. The Hall–Kier alpha value is -2.17. The SMILES string of the molecule is CC(=O)Oc1cccc(CCCCCCCC=O)c1OC(C)=O. The summed E-state index contributed by atoms with van der Waals surface area (Å²) in [5.74, 6) is -0.294. The maximum atomic E-state index is 11.3. The molecule has 5 heteroatoms. The number of carbonyl (C=O) groups is 3. The second-order valence-electron chi connectivity index (χ2n) is 5.40. The Kier molecular flexibility index (Phi) is 8.65. The molecular formula is C18H24O5. The largest absolute Gasteiger partial charge is 0.423 e. The zero-order valence-corrected chi connectivity index (χ0v) is 13.8. The van der Waals surface area contributed by atoms with Crippen LogP contribution in [0, 0.1) is 0 Å². The number of carbonyl (C=O) groups excluding carboxylic acids is 3. The Morgan fingerprint density at radius 3 is 2.26 bits per heavy atom. The first-order chi connectivity index (χ1) is 11.0. The molecule has 1 aromatic carbocycles. The molecule has 0 heterocycles. The van der Waals surface area contributed by atoms with E-state index >= 15 is 0 Å². The summed E-state index contributed by atoms with van der Waals surface area (Å²) in [4.78, 5) is 32.7. The molecule has 0 aromatic heterocycles. The van der Waals surface area contributed by atoms with Crippen LogP contribution in [-0.2, 0) is 20.8 Å². The Balaban J connectivity index is 2.63. The molecule has 126 valence electrons. The van der Waals surface area contributed by atoms with E-state index in [0.29, 0.717) is 12.2 Å². The van der Waals surface area contributed by atoms with E-state index < -0.39 is 11.9 Å². The highest BCUT2D eigenvalue weighted by Crippen LogP contribution is 2.33. The quantitative estimate of drug-likeness (QED) is 0.285. The van der Waals surface area contributed by atoms with Gasteiger partial charge in [0.1, 0.15) is 6.29 Å². The van der Waals surface area contributed by atoms with Gasteiger partial charge in [0.2, 0.25) is 0 Å². The molecular weight excluding hydrogens is 296 g/mol. The van der Waals surface area contributed by atoms with E-state index in [9.17, 15) is 14.4 Å². The van der Waals surface area contributed by atoms with Gasteiger partial charge in [0, 0.05) is 20.3 Å². The van der Waals surface area contributed by atoms with Crippen molar-refractivity contribution in [3.63, 3.8) is 0 Å². The number of hydrogen-bond donors (Lipinski definition) is 0. The van der Waals surface area contributed by atoms with Gasteiger partial charge in [-0.25, -0.2) is 0 Å². The van der Waals surface area contributed by atoms with E-state index in [4.69, 9.17) is 9.47 Å². The first-order valence-electron chi connectivity index (χ1n) is 7.97. The average molecular weight is 320 g/mol. The molecule has 1 rings (SSSR count). The number of ether oxygens (including phenoxy) is 2. The first-order valence-corrected chi connectivity index (χ1v) is 7.97. The molecule has 0 aliphatic carbocycles. The molecule has 0 amide bonds.